The fraction of sp³-hybridized carbons (Fsp3) is 0.371. The van der Waals surface area contributed by atoms with Crippen molar-refractivity contribution in [3.05, 3.63) is 89.6 Å². The molecule has 1 saturated heterocycles. The van der Waals surface area contributed by atoms with Crippen LogP contribution in [-0.4, -0.2) is 23.9 Å². The molecular formula is C35H36N2O4. The van der Waals surface area contributed by atoms with Crippen molar-refractivity contribution in [2.24, 2.45) is 23.7 Å². The summed E-state index contributed by atoms with van der Waals surface area (Å²) >= 11 is 0. The van der Waals surface area contributed by atoms with E-state index >= 15 is 0 Å². The zero-order valence-electron chi connectivity index (χ0n) is 23.8. The number of rotatable bonds is 6. The number of nitrogens with one attached hydrogen (secondary N) is 1. The van der Waals surface area contributed by atoms with Crippen LogP contribution in [0, 0.1) is 23.7 Å². The van der Waals surface area contributed by atoms with Crippen LogP contribution in [-0.2, 0) is 16.2 Å². The number of methoxy groups -OCH3 is 1. The van der Waals surface area contributed by atoms with Crippen molar-refractivity contribution in [2.75, 3.05) is 12.0 Å². The average Bonchev–Trinajstić information content (AvgIpc) is 3.50. The molecule has 0 bridgehead atoms. The largest absolute Gasteiger partial charge is 0.497 e. The average molecular weight is 549 g/mol. The molecule has 6 heteroatoms. The van der Waals surface area contributed by atoms with Gasteiger partial charge >= 0.3 is 0 Å². The summed E-state index contributed by atoms with van der Waals surface area (Å²) in [6, 6.07) is 23.6. The molecule has 1 aromatic heterocycles. The van der Waals surface area contributed by atoms with Crippen molar-refractivity contribution in [2.45, 2.75) is 51.6 Å². The number of carbonyl (C=O) groups is 2. The second kappa shape index (κ2) is 10.1. The first-order chi connectivity index (χ1) is 19.9. The Kier molecular flexibility index (Phi) is 6.37. The zero-order chi connectivity index (χ0) is 28.2. The third-order valence-electron chi connectivity index (χ3n) is 9.80. The van der Waals surface area contributed by atoms with E-state index in [0.717, 1.165) is 47.2 Å². The summed E-state index contributed by atoms with van der Waals surface area (Å²) in [4.78, 5) is 33.4. The van der Waals surface area contributed by atoms with E-state index in [4.69, 9.17) is 9.47 Å². The number of benzene rings is 3. The minimum Gasteiger partial charge on any atom is -0.497 e. The SMILES string of the molecule is COc1ccc(N2C(=O)C3[C@H](C2=O)c2[nH]c4ccc(OCc5ccccc5)cc4c2[C@@H]2CC[C@@H](C(C)C)C[C@@H]32)cc1. The Labute approximate surface area is 240 Å². The molecule has 1 saturated carbocycles. The molecule has 3 aliphatic rings. The maximum absolute atomic E-state index is 14.2. The number of aromatic nitrogens is 1. The lowest BCUT2D eigenvalue weighted by Gasteiger charge is -2.44. The van der Waals surface area contributed by atoms with Crippen LogP contribution in [0.25, 0.3) is 10.9 Å². The number of hydrogen-bond acceptors (Lipinski definition) is 4. The van der Waals surface area contributed by atoms with Crippen LogP contribution in [0.1, 0.15) is 61.8 Å². The van der Waals surface area contributed by atoms with Gasteiger partial charge in [-0.1, -0.05) is 44.2 Å². The van der Waals surface area contributed by atoms with Crippen molar-refractivity contribution >= 4 is 28.4 Å². The van der Waals surface area contributed by atoms with Gasteiger partial charge in [-0.3, -0.25) is 9.59 Å². The van der Waals surface area contributed by atoms with Gasteiger partial charge in [0.2, 0.25) is 11.8 Å². The monoisotopic (exact) mass is 548 g/mol. The molecule has 4 aromatic rings. The molecule has 7 rings (SSSR count). The van der Waals surface area contributed by atoms with Crippen molar-refractivity contribution in [1.82, 2.24) is 4.98 Å². The van der Waals surface area contributed by atoms with E-state index in [0.29, 0.717) is 29.9 Å². The minimum absolute atomic E-state index is 0.0687. The van der Waals surface area contributed by atoms with E-state index in [2.05, 4.69) is 43.1 Å². The standard InChI is InChI=1S/C35H36N2O4/c1-20(2)22-9-15-26-27(17-22)31-32(35(39)37(34(31)38)23-10-12-24(40-3)13-11-23)33-30(26)28-18-25(14-16-29(28)36-33)41-19-21-7-5-4-6-8-21/h4-8,10-14,16,18,20,22,26-27,31-32,36H,9,15,17,19H2,1-3H3/t22-,26-,27-,31?,32+/m1/s1. The van der Waals surface area contributed by atoms with Gasteiger partial charge in [-0.15, -0.1) is 0 Å². The van der Waals surface area contributed by atoms with Gasteiger partial charge < -0.3 is 14.5 Å². The highest BCUT2D eigenvalue weighted by Crippen LogP contribution is 2.59. The Morgan fingerprint density at radius 2 is 1.68 bits per heavy atom. The molecular weight excluding hydrogens is 512 g/mol. The summed E-state index contributed by atoms with van der Waals surface area (Å²) in [5, 5.41) is 1.12. The highest BCUT2D eigenvalue weighted by atomic mass is 16.5. The van der Waals surface area contributed by atoms with Gasteiger partial charge in [0.1, 0.15) is 18.1 Å². The summed E-state index contributed by atoms with van der Waals surface area (Å²) in [6.07, 6.45) is 3.13. The van der Waals surface area contributed by atoms with Gasteiger partial charge in [0.05, 0.1) is 24.6 Å². The molecule has 1 aliphatic heterocycles. The quantitative estimate of drug-likeness (QED) is 0.259. The summed E-state index contributed by atoms with van der Waals surface area (Å²) in [6.45, 7) is 5.06. The normalized spacial score (nSPS) is 25.3. The molecule has 2 fully saturated rings. The van der Waals surface area contributed by atoms with E-state index in [9.17, 15) is 9.59 Å². The fourth-order valence-electron chi connectivity index (χ4n) is 7.70. The zero-order valence-corrected chi connectivity index (χ0v) is 23.8. The Morgan fingerprint density at radius 1 is 0.927 bits per heavy atom. The number of imide groups is 1. The predicted molar refractivity (Wildman–Crippen MR) is 159 cm³/mol. The predicted octanol–water partition coefficient (Wildman–Crippen LogP) is 7.20. The number of hydrogen-bond donors (Lipinski definition) is 1. The molecule has 41 heavy (non-hydrogen) atoms. The molecule has 2 heterocycles. The fourth-order valence-corrected chi connectivity index (χ4v) is 7.70. The first-order valence-corrected chi connectivity index (χ1v) is 14.8. The second-order valence-electron chi connectivity index (χ2n) is 12.2. The number of carbonyl (C=O) groups excluding carboxylic acids is 2. The van der Waals surface area contributed by atoms with Gasteiger partial charge in [0, 0.05) is 16.6 Å². The van der Waals surface area contributed by atoms with Gasteiger partial charge in [-0.25, -0.2) is 4.90 Å². The number of H-pyrrole nitrogens is 1. The molecule has 6 nitrogen and oxygen atoms in total. The first kappa shape index (κ1) is 25.9. The Hall–Kier alpha value is -4.06. The van der Waals surface area contributed by atoms with Crippen LogP contribution < -0.4 is 14.4 Å². The van der Waals surface area contributed by atoms with Gasteiger partial charge in [-0.05, 0) is 96.5 Å². The summed E-state index contributed by atoms with van der Waals surface area (Å²) in [7, 11) is 1.61. The van der Waals surface area contributed by atoms with Gasteiger partial charge in [-0.2, -0.15) is 0 Å². The van der Waals surface area contributed by atoms with Crippen LogP contribution in [0.5, 0.6) is 11.5 Å². The Bertz CT molecular complexity index is 1610. The van der Waals surface area contributed by atoms with Crippen LogP contribution in [0.3, 0.4) is 0 Å². The third-order valence-corrected chi connectivity index (χ3v) is 9.80. The van der Waals surface area contributed by atoms with Crippen molar-refractivity contribution in [3.63, 3.8) is 0 Å². The number of aromatic amines is 1. The first-order valence-electron chi connectivity index (χ1n) is 14.8. The topological polar surface area (TPSA) is 71.6 Å². The number of fused-ring (bicyclic) bond motifs is 8. The highest BCUT2D eigenvalue weighted by molar-refractivity contribution is 6.24. The van der Waals surface area contributed by atoms with Gasteiger partial charge in [0.25, 0.3) is 0 Å². The number of anilines is 1. The number of amides is 2. The molecule has 3 aromatic carbocycles. The lowest BCUT2D eigenvalue weighted by molar-refractivity contribution is -0.123. The van der Waals surface area contributed by atoms with Gasteiger partial charge in [0.15, 0.2) is 0 Å². The number of nitrogens with zero attached hydrogens (tertiary/aromatic N) is 1. The molecule has 1 unspecified atom stereocenters. The molecule has 210 valence electrons. The van der Waals surface area contributed by atoms with Crippen LogP contribution >= 0.6 is 0 Å². The van der Waals surface area contributed by atoms with E-state index < -0.39 is 5.92 Å². The van der Waals surface area contributed by atoms with Crippen LogP contribution in [0.15, 0.2) is 72.8 Å². The summed E-state index contributed by atoms with van der Waals surface area (Å²) in [5.41, 5.74) is 4.86. The molecule has 0 spiro atoms. The molecule has 0 radical (unpaired) electrons. The smallest absolute Gasteiger partial charge is 0.243 e. The van der Waals surface area contributed by atoms with Crippen molar-refractivity contribution < 1.29 is 19.1 Å². The maximum Gasteiger partial charge on any atom is 0.243 e. The van der Waals surface area contributed by atoms with Crippen molar-refractivity contribution in [3.8, 4) is 11.5 Å². The van der Waals surface area contributed by atoms with E-state index in [1.54, 1.807) is 19.2 Å². The van der Waals surface area contributed by atoms with Crippen molar-refractivity contribution in [1.29, 1.82) is 0 Å². The lowest BCUT2D eigenvalue weighted by Crippen LogP contribution is -2.40. The van der Waals surface area contributed by atoms with E-state index in [1.807, 2.05) is 36.4 Å². The Morgan fingerprint density at radius 3 is 2.41 bits per heavy atom. The molecule has 2 aliphatic carbocycles. The summed E-state index contributed by atoms with van der Waals surface area (Å²) in [5.74, 6) is 1.89. The molecule has 5 atom stereocenters. The van der Waals surface area contributed by atoms with Crippen LogP contribution in [0.4, 0.5) is 5.69 Å². The minimum atomic E-state index is -0.507. The second-order valence-corrected chi connectivity index (χ2v) is 12.2. The third kappa shape index (κ3) is 4.23. The maximum atomic E-state index is 14.2. The van der Waals surface area contributed by atoms with E-state index in [-0.39, 0.29) is 29.6 Å². The lowest BCUT2D eigenvalue weighted by atomic mass is 9.58. The molecule has 1 N–H and O–H groups in total. The summed E-state index contributed by atoms with van der Waals surface area (Å²) < 4.78 is 11.5. The highest BCUT2D eigenvalue weighted by Gasteiger charge is 2.59. The molecule has 2 amide bonds. The van der Waals surface area contributed by atoms with E-state index in [1.165, 1.54) is 10.5 Å². The van der Waals surface area contributed by atoms with Crippen LogP contribution in [0.2, 0.25) is 0 Å². The Balaban J connectivity index is 1.31. The number of ether oxygens (including phenoxy) is 2.